The Labute approximate surface area is 94.0 Å². The highest BCUT2D eigenvalue weighted by atomic mass is 16.3. The summed E-state index contributed by atoms with van der Waals surface area (Å²) in [5.41, 5.74) is 1.16. The third-order valence-electron chi connectivity index (χ3n) is 2.65. The Morgan fingerprint density at radius 3 is 2.69 bits per heavy atom. The van der Waals surface area contributed by atoms with Crippen molar-refractivity contribution in [1.82, 2.24) is 0 Å². The summed E-state index contributed by atoms with van der Waals surface area (Å²) in [4.78, 5) is 6.66. The van der Waals surface area contributed by atoms with E-state index in [0.29, 0.717) is 0 Å². The third-order valence-corrected chi connectivity index (χ3v) is 2.65. The Morgan fingerprint density at radius 1 is 1.06 bits per heavy atom. The highest BCUT2D eigenvalue weighted by molar-refractivity contribution is 6.09. The Morgan fingerprint density at radius 2 is 1.94 bits per heavy atom. The summed E-state index contributed by atoms with van der Waals surface area (Å²) in [5.74, 6) is 1.76. The maximum absolute atomic E-state index is 5.40. The number of anilines is 1. The van der Waals surface area contributed by atoms with E-state index in [1.54, 1.807) is 6.26 Å². The van der Waals surface area contributed by atoms with Crippen LogP contribution in [0.15, 0.2) is 58.1 Å². The molecule has 0 amide bonds. The predicted octanol–water partition coefficient (Wildman–Crippen LogP) is 2.55. The van der Waals surface area contributed by atoms with Crippen molar-refractivity contribution in [3.05, 3.63) is 54.5 Å². The minimum Gasteiger partial charge on any atom is -0.461 e. The largest absolute Gasteiger partial charge is 0.461 e. The fourth-order valence-corrected chi connectivity index (χ4v) is 1.92. The van der Waals surface area contributed by atoms with Gasteiger partial charge in [-0.3, -0.25) is 4.99 Å². The molecule has 1 aromatic heterocycles. The van der Waals surface area contributed by atoms with Crippen LogP contribution in [0.4, 0.5) is 5.69 Å². The molecule has 0 N–H and O–H groups in total. The molecule has 0 saturated carbocycles. The van der Waals surface area contributed by atoms with Gasteiger partial charge in [0.05, 0.1) is 12.8 Å². The van der Waals surface area contributed by atoms with Crippen LogP contribution in [-0.2, 0) is 0 Å². The Bertz CT molecular complexity index is 488. The Kier molecular flexibility index (Phi) is 2.22. The lowest BCUT2D eigenvalue weighted by Gasteiger charge is -2.18. The molecule has 1 aliphatic rings. The van der Waals surface area contributed by atoms with E-state index in [1.807, 2.05) is 30.3 Å². The van der Waals surface area contributed by atoms with Crippen LogP contribution in [0.2, 0.25) is 0 Å². The fraction of sp³-hybridized carbons (Fsp3) is 0.154. The van der Waals surface area contributed by atoms with Crippen molar-refractivity contribution in [3.63, 3.8) is 0 Å². The zero-order valence-electron chi connectivity index (χ0n) is 8.84. The zero-order valence-corrected chi connectivity index (χ0v) is 8.84. The molecule has 0 unspecified atom stereocenters. The lowest BCUT2D eigenvalue weighted by Crippen LogP contribution is -2.27. The first-order valence-corrected chi connectivity index (χ1v) is 5.36. The monoisotopic (exact) mass is 212 g/mol. The van der Waals surface area contributed by atoms with E-state index in [2.05, 4.69) is 22.0 Å². The molecule has 0 atom stereocenters. The number of benzene rings is 1. The fourth-order valence-electron chi connectivity index (χ4n) is 1.92. The molecule has 16 heavy (non-hydrogen) atoms. The van der Waals surface area contributed by atoms with Crippen molar-refractivity contribution >= 4 is 11.5 Å². The van der Waals surface area contributed by atoms with Gasteiger partial charge in [0.1, 0.15) is 0 Å². The number of hydrogen-bond donors (Lipinski definition) is 0. The van der Waals surface area contributed by atoms with E-state index < -0.39 is 0 Å². The number of furan rings is 1. The number of amidine groups is 1. The molecule has 0 radical (unpaired) electrons. The number of hydrogen-bond acceptors (Lipinski definition) is 3. The Hall–Kier alpha value is -2.03. The molecular weight excluding hydrogens is 200 g/mol. The van der Waals surface area contributed by atoms with Crippen LogP contribution in [0, 0.1) is 0 Å². The average molecular weight is 212 g/mol. The first kappa shape index (κ1) is 9.21. The van der Waals surface area contributed by atoms with E-state index in [-0.39, 0.29) is 0 Å². The van der Waals surface area contributed by atoms with Crippen molar-refractivity contribution in [2.45, 2.75) is 0 Å². The van der Waals surface area contributed by atoms with E-state index in [4.69, 9.17) is 4.42 Å². The second-order valence-electron chi connectivity index (χ2n) is 3.67. The standard InChI is InChI=1S/C13H12N2O/c1-2-5-11(6-3-1)15-9-8-14-13(15)12-7-4-10-16-12/h1-7,10H,8-9H2. The molecule has 2 heterocycles. The molecular formula is C13H12N2O. The molecule has 0 saturated heterocycles. The van der Waals surface area contributed by atoms with Crippen LogP contribution >= 0.6 is 0 Å². The minimum absolute atomic E-state index is 0.824. The summed E-state index contributed by atoms with van der Waals surface area (Å²) >= 11 is 0. The summed E-state index contributed by atoms with van der Waals surface area (Å²) in [6.45, 7) is 1.74. The van der Waals surface area contributed by atoms with Crippen LogP contribution < -0.4 is 4.90 Å². The molecule has 3 heteroatoms. The van der Waals surface area contributed by atoms with Gasteiger partial charge in [0.2, 0.25) is 0 Å². The van der Waals surface area contributed by atoms with Crippen LogP contribution in [-0.4, -0.2) is 18.9 Å². The van der Waals surface area contributed by atoms with Gasteiger partial charge in [0, 0.05) is 12.2 Å². The van der Waals surface area contributed by atoms with Gasteiger partial charge in [-0.05, 0) is 24.3 Å². The van der Waals surface area contributed by atoms with E-state index in [1.165, 1.54) is 0 Å². The maximum atomic E-state index is 5.40. The van der Waals surface area contributed by atoms with Gasteiger partial charge < -0.3 is 9.32 Å². The average Bonchev–Trinajstić information content (AvgIpc) is 3.01. The number of aliphatic imine (C=N–C) groups is 1. The second-order valence-corrected chi connectivity index (χ2v) is 3.67. The molecule has 2 aromatic rings. The molecule has 3 rings (SSSR count). The van der Waals surface area contributed by atoms with Crippen molar-refractivity contribution in [2.75, 3.05) is 18.0 Å². The number of nitrogens with zero attached hydrogens (tertiary/aromatic N) is 2. The normalized spacial score (nSPS) is 15.2. The molecule has 0 aliphatic carbocycles. The molecule has 0 bridgehead atoms. The van der Waals surface area contributed by atoms with Crippen molar-refractivity contribution in [1.29, 1.82) is 0 Å². The van der Waals surface area contributed by atoms with Gasteiger partial charge >= 0.3 is 0 Å². The lowest BCUT2D eigenvalue weighted by molar-refractivity contribution is 0.556. The molecule has 0 fully saturated rings. The van der Waals surface area contributed by atoms with Gasteiger partial charge in [-0.2, -0.15) is 0 Å². The first-order valence-electron chi connectivity index (χ1n) is 5.36. The topological polar surface area (TPSA) is 28.7 Å². The molecule has 1 aromatic carbocycles. The molecule has 3 nitrogen and oxygen atoms in total. The van der Waals surface area contributed by atoms with Gasteiger partial charge in [-0.1, -0.05) is 18.2 Å². The van der Waals surface area contributed by atoms with Crippen molar-refractivity contribution in [2.24, 2.45) is 4.99 Å². The smallest absolute Gasteiger partial charge is 0.172 e. The lowest BCUT2D eigenvalue weighted by atomic mass is 10.2. The third kappa shape index (κ3) is 1.50. The Balaban J connectivity index is 1.96. The molecule has 1 aliphatic heterocycles. The predicted molar refractivity (Wildman–Crippen MR) is 63.9 cm³/mol. The maximum Gasteiger partial charge on any atom is 0.172 e. The van der Waals surface area contributed by atoms with Gasteiger partial charge in [-0.25, -0.2) is 0 Å². The van der Waals surface area contributed by atoms with E-state index >= 15 is 0 Å². The summed E-state index contributed by atoms with van der Waals surface area (Å²) in [7, 11) is 0. The van der Waals surface area contributed by atoms with Crippen LogP contribution in [0.1, 0.15) is 5.76 Å². The van der Waals surface area contributed by atoms with Gasteiger partial charge in [0.25, 0.3) is 0 Å². The summed E-state index contributed by atoms with van der Waals surface area (Å²) in [6, 6.07) is 14.1. The highest BCUT2D eigenvalue weighted by Gasteiger charge is 2.21. The zero-order chi connectivity index (χ0) is 10.8. The number of para-hydroxylation sites is 1. The molecule has 0 spiro atoms. The first-order chi connectivity index (χ1) is 7.95. The van der Waals surface area contributed by atoms with E-state index in [9.17, 15) is 0 Å². The van der Waals surface area contributed by atoms with E-state index in [0.717, 1.165) is 30.4 Å². The number of rotatable bonds is 2. The van der Waals surface area contributed by atoms with Gasteiger partial charge in [0.15, 0.2) is 11.6 Å². The molecule has 80 valence electrons. The van der Waals surface area contributed by atoms with Crippen LogP contribution in [0.3, 0.4) is 0 Å². The summed E-state index contributed by atoms with van der Waals surface area (Å²) < 4.78 is 5.40. The van der Waals surface area contributed by atoms with Crippen LogP contribution in [0.25, 0.3) is 0 Å². The van der Waals surface area contributed by atoms with Crippen molar-refractivity contribution in [3.8, 4) is 0 Å². The highest BCUT2D eigenvalue weighted by Crippen LogP contribution is 2.20. The quantitative estimate of drug-likeness (QED) is 0.765. The van der Waals surface area contributed by atoms with Crippen LogP contribution in [0.5, 0.6) is 0 Å². The SMILES string of the molecule is c1ccc(N2CCN=C2c2ccco2)cc1. The van der Waals surface area contributed by atoms with Crippen molar-refractivity contribution < 1.29 is 4.42 Å². The second kappa shape index (κ2) is 3.85. The van der Waals surface area contributed by atoms with Gasteiger partial charge in [-0.15, -0.1) is 0 Å². The summed E-state index contributed by atoms with van der Waals surface area (Å²) in [6.07, 6.45) is 1.68. The summed E-state index contributed by atoms with van der Waals surface area (Å²) in [5, 5.41) is 0. The minimum atomic E-state index is 0.824.